The van der Waals surface area contributed by atoms with Gasteiger partial charge in [0.15, 0.2) is 0 Å². The van der Waals surface area contributed by atoms with Crippen molar-refractivity contribution in [1.82, 2.24) is 4.98 Å². The van der Waals surface area contributed by atoms with Crippen LogP contribution in [-0.2, 0) is 0 Å². The van der Waals surface area contributed by atoms with E-state index < -0.39 is 0 Å². The number of nitrogens with one attached hydrogen (secondary N) is 2. The molecular weight excluding hydrogens is 362 g/mol. The number of carbonyl (C=O) groups excluding carboxylic acids is 1. The number of aromatic nitrogens is 1. The second kappa shape index (κ2) is 8.10. The molecule has 0 radical (unpaired) electrons. The first kappa shape index (κ1) is 18.7. The van der Waals surface area contributed by atoms with Gasteiger partial charge in [0.2, 0.25) is 0 Å². The van der Waals surface area contributed by atoms with Gasteiger partial charge in [-0.15, -0.1) is 0 Å². The Kier molecular flexibility index (Phi) is 5.62. The molecule has 0 spiro atoms. The van der Waals surface area contributed by atoms with Crippen LogP contribution in [-0.4, -0.2) is 18.0 Å². The molecule has 1 amide bonds. The lowest BCUT2D eigenvalue weighted by Crippen LogP contribution is -2.12. The zero-order valence-electron chi connectivity index (χ0n) is 15.3. The number of hydrogen-bond acceptors (Lipinski definition) is 4. The van der Waals surface area contributed by atoms with Crippen LogP contribution in [0.4, 0.5) is 17.1 Å². The van der Waals surface area contributed by atoms with E-state index in [1.807, 2.05) is 19.1 Å². The van der Waals surface area contributed by atoms with Crippen molar-refractivity contribution >= 4 is 34.6 Å². The van der Waals surface area contributed by atoms with Crippen molar-refractivity contribution in [3.8, 4) is 5.75 Å². The highest BCUT2D eigenvalue weighted by Crippen LogP contribution is 2.27. The highest BCUT2D eigenvalue weighted by atomic mass is 35.5. The number of nitrogens with zero attached hydrogens (tertiary/aromatic N) is 1. The predicted octanol–water partition coefficient (Wildman–Crippen LogP) is 5.36. The Hall–Kier alpha value is -3.05. The van der Waals surface area contributed by atoms with Crippen LogP contribution in [0.15, 0.2) is 54.9 Å². The van der Waals surface area contributed by atoms with Crippen molar-refractivity contribution in [2.45, 2.75) is 13.8 Å². The molecule has 0 saturated carbocycles. The van der Waals surface area contributed by atoms with Gasteiger partial charge in [-0.05, 0) is 49.7 Å². The monoisotopic (exact) mass is 381 g/mol. The van der Waals surface area contributed by atoms with E-state index in [4.69, 9.17) is 16.3 Å². The first-order valence-corrected chi connectivity index (χ1v) is 8.78. The summed E-state index contributed by atoms with van der Waals surface area (Å²) in [6.07, 6.45) is 3.20. The highest BCUT2D eigenvalue weighted by molar-refractivity contribution is 6.32. The summed E-state index contributed by atoms with van der Waals surface area (Å²) in [5.74, 6) is 0.281. The standard InChI is InChI=1S/C21H20ClN3O2/c1-13-4-6-19(14(2)8-13)24-17-9-15(11-23-12-17)21(26)25-16-5-7-20(27-3)18(22)10-16/h4-12,24H,1-3H3,(H,25,26). The quantitative estimate of drug-likeness (QED) is 0.624. The molecule has 0 aliphatic rings. The summed E-state index contributed by atoms with van der Waals surface area (Å²) in [5, 5.41) is 6.55. The number of ether oxygens (including phenoxy) is 1. The van der Waals surface area contributed by atoms with Gasteiger partial charge in [0, 0.05) is 17.6 Å². The maximum atomic E-state index is 12.5. The van der Waals surface area contributed by atoms with Crippen LogP contribution in [0.3, 0.4) is 0 Å². The van der Waals surface area contributed by atoms with E-state index in [1.165, 1.54) is 11.8 Å². The van der Waals surface area contributed by atoms with Crippen molar-refractivity contribution in [1.29, 1.82) is 0 Å². The van der Waals surface area contributed by atoms with E-state index in [9.17, 15) is 4.79 Å². The summed E-state index contributed by atoms with van der Waals surface area (Å²) in [7, 11) is 1.54. The molecule has 1 heterocycles. The molecule has 0 fully saturated rings. The Balaban J connectivity index is 1.76. The lowest BCUT2D eigenvalue weighted by Gasteiger charge is -2.12. The molecule has 5 nitrogen and oxygen atoms in total. The van der Waals surface area contributed by atoms with Gasteiger partial charge in [0.05, 0.1) is 29.6 Å². The number of carbonyl (C=O) groups is 1. The molecule has 1 aromatic heterocycles. The van der Waals surface area contributed by atoms with Crippen molar-refractivity contribution < 1.29 is 9.53 Å². The second-order valence-electron chi connectivity index (χ2n) is 6.21. The molecule has 6 heteroatoms. The fourth-order valence-electron chi connectivity index (χ4n) is 2.69. The number of halogens is 1. The molecular formula is C21H20ClN3O2. The number of amides is 1. The van der Waals surface area contributed by atoms with Gasteiger partial charge in [0.1, 0.15) is 5.75 Å². The third kappa shape index (κ3) is 4.57. The molecule has 0 aliphatic heterocycles. The van der Waals surface area contributed by atoms with E-state index in [0.717, 1.165) is 16.9 Å². The number of hydrogen-bond donors (Lipinski definition) is 2. The van der Waals surface area contributed by atoms with Crippen LogP contribution >= 0.6 is 11.6 Å². The van der Waals surface area contributed by atoms with Crippen LogP contribution in [0.5, 0.6) is 5.75 Å². The molecule has 0 saturated heterocycles. The van der Waals surface area contributed by atoms with Gasteiger partial charge < -0.3 is 15.4 Å². The van der Waals surface area contributed by atoms with Crippen molar-refractivity contribution in [3.63, 3.8) is 0 Å². The number of rotatable bonds is 5. The Labute approximate surface area is 163 Å². The number of benzene rings is 2. The summed E-state index contributed by atoms with van der Waals surface area (Å²) in [4.78, 5) is 16.7. The molecule has 27 heavy (non-hydrogen) atoms. The first-order chi connectivity index (χ1) is 13.0. The van der Waals surface area contributed by atoms with Gasteiger partial charge in [-0.1, -0.05) is 29.3 Å². The zero-order chi connectivity index (χ0) is 19.4. The molecule has 0 bridgehead atoms. The normalized spacial score (nSPS) is 10.4. The van der Waals surface area contributed by atoms with Gasteiger partial charge >= 0.3 is 0 Å². The molecule has 3 rings (SSSR count). The summed E-state index contributed by atoms with van der Waals surface area (Å²) in [5.41, 5.74) is 5.06. The molecule has 2 N–H and O–H groups in total. The van der Waals surface area contributed by atoms with Gasteiger partial charge in [-0.2, -0.15) is 0 Å². The van der Waals surface area contributed by atoms with E-state index in [2.05, 4.69) is 28.6 Å². The topological polar surface area (TPSA) is 63.2 Å². The summed E-state index contributed by atoms with van der Waals surface area (Å²) in [6.45, 7) is 4.08. The Morgan fingerprint density at radius 3 is 2.56 bits per heavy atom. The van der Waals surface area contributed by atoms with Crippen LogP contribution < -0.4 is 15.4 Å². The molecule has 0 aliphatic carbocycles. The summed E-state index contributed by atoms with van der Waals surface area (Å²) >= 11 is 6.10. The third-order valence-corrected chi connectivity index (χ3v) is 4.37. The maximum Gasteiger partial charge on any atom is 0.257 e. The lowest BCUT2D eigenvalue weighted by molar-refractivity contribution is 0.102. The van der Waals surface area contributed by atoms with E-state index in [-0.39, 0.29) is 5.91 Å². The Morgan fingerprint density at radius 2 is 1.85 bits per heavy atom. The smallest absolute Gasteiger partial charge is 0.257 e. The van der Waals surface area contributed by atoms with Gasteiger partial charge in [-0.25, -0.2) is 0 Å². The molecule has 138 valence electrons. The minimum Gasteiger partial charge on any atom is -0.495 e. The minimum atomic E-state index is -0.270. The van der Waals surface area contributed by atoms with Crippen LogP contribution in [0, 0.1) is 13.8 Å². The molecule has 2 aromatic carbocycles. The fraction of sp³-hybridized carbons (Fsp3) is 0.143. The van der Waals surface area contributed by atoms with Crippen molar-refractivity contribution in [3.05, 3.63) is 76.6 Å². The van der Waals surface area contributed by atoms with Crippen molar-refractivity contribution in [2.24, 2.45) is 0 Å². The summed E-state index contributed by atoms with van der Waals surface area (Å²) in [6, 6.07) is 13.0. The second-order valence-corrected chi connectivity index (χ2v) is 6.62. The summed E-state index contributed by atoms with van der Waals surface area (Å²) < 4.78 is 5.12. The Bertz CT molecular complexity index is 989. The number of aryl methyl sites for hydroxylation is 2. The first-order valence-electron chi connectivity index (χ1n) is 8.40. The number of anilines is 3. The maximum absolute atomic E-state index is 12.5. The van der Waals surface area contributed by atoms with Crippen LogP contribution in [0.25, 0.3) is 0 Å². The zero-order valence-corrected chi connectivity index (χ0v) is 16.1. The van der Waals surface area contributed by atoms with Crippen LogP contribution in [0.1, 0.15) is 21.5 Å². The largest absolute Gasteiger partial charge is 0.495 e. The molecule has 3 aromatic rings. The average Bonchev–Trinajstić information content (AvgIpc) is 2.64. The van der Waals surface area contributed by atoms with Gasteiger partial charge in [0.25, 0.3) is 5.91 Å². The van der Waals surface area contributed by atoms with Crippen LogP contribution in [0.2, 0.25) is 5.02 Å². The van der Waals surface area contributed by atoms with E-state index in [1.54, 1.807) is 37.6 Å². The third-order valence-electron chi connectivity index (χ3n) is 4.07. The predicted molar refractivity (Wildman–Crippen MR) is 109 cm³/mol. The van der Waals surface area contributed by atoms with Gasteiger partial charge in [-0.3, -0.25) is 9.78 Å². The van der Waals surface area contributed by atoms with Crippen molar-refractivity contribution in [2.75, 3.05) is 17.7 Å². The Morgan fingerprint density at radius 1 is 1.04 bits per heavy atom. The number of pyridine rings is 1. The lowest BCUT2D eigenvalue weighted by atomic mass is 10.1. The van der Waals surface area contributed by atoms with E-state index >= 15 is 0 Å². The minimum absolute atomic E-state index is 0.270. The SMILES string of the molecule is COc1ccc(NC(=O)c2cncc(Nc3ccc(C)cc3C)c2)cc1Cl. The number of methoxy groups -OCH3 is 1. The molecule has 0 atom stereocenters. The average molecular weight is 382 g/mol. The molecule has 0 unspecified atom stereocenters. The fourth-order valence-corrected chi connectivity index (χ4v) is 2.95. The highest BCUT2D eigenvalue weighted by Gasteiger charge is 2.10. The van der Waals surface area contributed by atoms with E-state index in [0.29, 0.717) is 22.0 Å².